The van der Waals surface area contributed by atoms with Gasteiger partial charge in [-0.05, 0) is 19.8 Å². The first kappa shape index (κ1) is 14.5. The minimum atomic E-state index is -3.48. The van der Waals surface area contributed by atoms with Gasteiger partial charge in [0.2, 0.25) is 0 Å². The molecule has 0 saturated heterocycles. The second kappa shape index (κ2) is 5.22. The van der Waals surface area contributed by atoms with Gasteiger partial charge in [0, 0.05) is 36.9 Å². The van der Waals surface area contributed by atoms with Crippen LogP contribution >= 0.6 is 0 Å². The summed E-state index contributed by atoms with van der Waals surface area (Å²) in [6, 6.07) is 0.443. The number of H-pyrrole nitrogens is 1. The third-order valence-corrected chi connectivity index (χ3v) is 5.29. The average molecular weight is 286 g/mol. The molecule has 1 heterocycles. The maximum Gasteiger partial charge on any atom is 0.262 e. The third kappa shape index (κ3) is 2.98. The highest BCUT2D eigenvalue weighted by atomic mass is 32.2. The predicted octanol–water partition coefficient (Wildman–Crippen LogP) is 0.999. The molecule has 7 heteroatoms. The van der Waals surface area contributed by atoms with Gasteiger partial charge < -0.3 is 5.32 Å². The van der Waals surface area contributed by atoms with E-state index < -0.39 is 10.0 Å². The summed E-state index contributed by atoms with van der Waals surface area (Å²) in [5, 5.41) is 10.2. The van der Waals surface area contributed by atoms with Crippen LogP contribution in [-0.4, -0.2) is 42.1 Å². The van der Waals surface area contributed by atoms with Gasteiger partial charge in [-0.2, -0.15) is 9.40 Å². The highest BCUT2D eigenvalue weighted by Crippen LogP contribution is 2.31. The Morgan fingerprint density at radius 3 is 2.63 bits per heavy atom. The van der Waals surface area contributed by atoms with Crippen molar-refractivity contribution < 1.29 is 8.42 Å². The van der Waals surface area contributed by atoms with Gasteiger partial charge in [-0.3, -0.25) is 5.10 Å². The van der Waals surface area contributed by atoms with Gasteiger partial charge in [0.1, 0.15) is 0 Å². The molecular formula is C12H22N4O2S. The number of hydrogen-bond acceptors (Lipinski definition) is 4. The van der Waals surface area contributed by atoms with E-state index in [9.17, 15) is 8.42 Å². The van der Waals surface area contributed by atoms with Crippen LogP contribution in [0.1, 0.15) is 37.9 Å². The number of nitrogens with zero attached hydrogens (tertiary/aromatic N) is 2. The molecular weight excluding hydrogens is 264 g/mol. The molecule has 0 spiro atoms. The fourth-order valence-corrected chi connectivity index (χ4v) is 3.50. The minimum Gasteiger partial charge on any atom is -0.310 e. The summed E-state index contributed by atoms with van der Waals surface area (Å²) in [7, 11) is -1.85. The van der Waals surface area contributed by atoms with Gasteiger partial charge in [0.05, 0.1) is 0 Å². The second-order valence-electron chi connectivity index (χ2n) is 5.42. The largest absolute Gasteiger partial charge is 0.310 e. The van der Waals surface area contributed by atoms with Crippen LogP contribution in [0.5, 0.6) is 0 Å². The molecule has 19 heavy (non-hydrogen) atoms. The number of aryl methyl sites for hydroxylation is 1. The zero-order chi connectivity index (χ0) is 14.2. The van der Waals surface area contributed by atoms with E-state index in [0.29, 0.717) is 12.6 Å². The van der Waals surface area contributed by atoms with E-state index in [4.69, 9.17) is 0 Å². The fourth-order valence-electron chi connectivity index (χ4n) is 1.93. The number of aromatic nitrogens is 2. The zero-order valence-corrected chi connectivity index (χ0v) is 12.7. The Morgan fingerprint density at radius 2 is 2.11 bits per heavy atom. The van der Waals surface area contributed by atoms with Gasteiger partial charge in [-0.25, -0.2) is 8.42 Å². The van der Waals surface area contributed by atoms with E-state index >= 15 is 0 Å². The lowest BCUT2D eigenvalue weighted by Crippen LogP contribution is -2.31. The quantitative estimate of drug-likeness (QED) is 0.818. The monoisotopic (exact) mass is 286 g/mol. The molecule has 2 rings (SSSR count). The van der Waals surface area contributed by atoms with Crippen molar-refractivity contribution in [3.05, 3.63) is 11.3 Å². The van der Waals surface area contributed by atoms with Crippen molar-refractivity contribution in [1.82, 2.24) is 19.8 Å². The normalized spacial score (nSPS) is 16.5. The Balaban J connectivity index is 2.28. The average Bonchev–Trinajstić information content (AvgIpc) is 3.09. The molecule has 0 aliphatic heterocycles. The van der Waals surface area contributed by atoms with Crippen LogP contribution in [0.3, 0.4) is 0 Å². The van der Waals surface area contributed by atoms with Crippen molar-refractivity contribution in [1.29, 1.82) is 0 Å². The lowest BCUT2D eigenvalue weighted by atomic mass is 10.2. The number of nitrogens with one attached hydrogen (secondary N) is 2. The topological polar surface area (TPSA) is 78.1 Å². The summed E-state index contributed by atoms with van der Waals surface area (Å²) in [5.41, 5.74) is 1.54. The SMILES string of the molecule is Cc1[nH]nc(S(=O)(=O)N(C)C2CC2)c1CNC(C)C. The highest BCUT2D eigenvalue weighted by Gasteiger charge is 2.37. The summed E-state index contributed by atoms with van der Waals surface area (Å²) < 4.78 is 26.5. The molecule has 0 amide bonds. The van der Waals surface area contributed by atoms with E-state index in [1.165, 1.54) is 4.31 Å². The molecule has 1 aromatic heterocycles. The summed E-state index contributed by atoms with van der Waals surface area (Å²) in [5.74, 6) is 0. The molecule has 2 N–H and O–H groups in total. The zero-order valence-electron chi connectivity index (χ0n) is 11.9. The summed E-state index contributed by atoms with van der Waals surface area (Å²) in [6.45, 7) is 6.41. The van der Waals surface area contributed by atoms with Crippen LogP contribution in [-0.2, 0) is 16.6 Å². The van der Waals surface area contributed by atoms with Gasteiger partial charge in [-0.1, -0.05) is 13.8 Å². The van der Waals surface area contributed by atoms with Crippen LogP contribution in [0.25, 0.3) is 0 Å². The third-order valence-electron chi connectivity index (χ3n) is 3.41. The molecule has 0 unspecified atom stereocenters. The Labute approximate surface area is 114 Å². The molecule has 1 fully saturated rings. The lowest BCUT2D eigenvalue weighted by molar-refractivity contribution is 0.459. The van der Waals surface area contributed by atoms with Crippen LogP contribution in [0.2, 0.25) is 0 Å². The van der Waals surface area contributed by atoms with Crippen molar-refractivity contribution in [2.24, 2.45) is 0 Å². The van der Waals surface area contributed by atoms with Crippen molar-refractivity contribution in [3.8, 4) is 0 Å². The predicted molar refractivity (Wildman–Crippen MR) is 73.3 cm³/mol. The first-order valence-electron chi connectivity index (χ1n) is 6.59. The minimum absolute atomic E-state index is 0.146. The Kier molecular flexibility index (Phi) is 3.98. The van der Waals surface area contributed by atoms with Gasteiger partial charge in [-0.15, -0.1) is 0 Å². The first-order chi connectivity index (χ1) is 8.84. The Bertz CT molecular complexity index is 546. The molecule has 108 valence electrons. The molecule has 0 radical (unpaired) electrons. The van der Waals surface area contributed by atoms with Crippen molar-refractivity contribution in [2.75, 3.05) is 7.05 Å². The highest BCUT2D eigenvalue weighted by molar-refractivity contribution is 7.89. The first-order valence-corrected chi connectivity index (χ1v) is 8.03. The fraction of sp³-hybridized carbons (Fsp3) is 0.750. The molecule has 0 aromatic carbocycles. The van der Waals surface area contributed by atoms with Crippen molar-refractivity contribution in [2.45, 2.75) is 57.3 Å². The van der Waals surface area contributed by atoms with Gasteiger partial charge >= 0.3 is 0 Å². The van der Waals surface area contributed by atoms with E-state index in [-0.39, 0.29) is 11.1 Å². The summed E-state index contributed by atoms with van der Waals surface area (Å²) in [4.78, 5) is 0. The number of sulfonamides is 1. The van der Waals surface area contributed by atoms with Crippen molar-refractivity contribution in [3.63, 3.8) is 0 Å². The number of hydrogen-bond donors (Lipinski definition) is 2. The Morgan fingerprint density at radius 1 is 1.47 bits per heavy atom. The molecule has 1 saturated carbocycles. The molecule has 1 aromatic rings. The molecule has 0 bridgehead atoms. The van der Waals surface area contributed by atoms with Crippen LogP contribution < -0.4 is 5.32 Å². The van der Waals surface area contributed by atoms with Crippen LogP contribution in [0.15, 0.2) is 5.03 Å². The molecule has 1 aliphatic rings. The maximum atomic E-state index is 12.5. The molecule has 6 nitrogen and oxygen atoms in total. The second-order valence-corrected chi connectivity index (χ2v) is 7.33. The van der Waals surface area contributed by atoms with Gasteiger partial charge in [0.25, 0.3) is 10.0 Å². The standard InChI is InChI=1S/C12H22N4O2S/c1-8(2)13-7-11-9(3)14-15-12(11)19(17,18)16(4)10-5-6-10/h8,10,13H,5-7H2,1-4H3,(H,14,15). The maximum absolute atomic E-state index is 12.5. The Hall–Kier alpha value is -0.920. The van der Waals surface area contributed by atoms with Crippen molar-refractivity contribution >= 4 is 10.0 Å². The smallest absolute Gasteiger partial charge is 0.262 e. The van der Waals surface area contributed by atoms with Gasteiger partial charge in [0.15, 0.2) is 5.03 Å². The van der Waals surface area contributed by atoms with E-state index in [1.54, 1.807) is 7.05 Å². The lowest BCUT2D eigenvalue weighted by Gasteiger charge is -2.16. The van der Waals surface area contributed by atoms with Crippen LogP contribution in [0, 0.1) is 6.92 Å². The van der Waals surface area contributed by atoms with E-state index in [1.807, 2.05) is 20.8 Å². The van der Waals surface area contributed by atoms with E-state index in [0.717, 1.165) is 24.1 Å². The number of rotatable bonds is 6. The number of aromatic amines is 1. The molecule has 0 atom stereocenters. The molecule has 1 aliphatic carbocycles. The summed E-state index contributed by atoms with van der Waals surface area (Å²) >= 11 is 0. The summed E-state index contributed by atoms with van der Waals surface area (Å²) in [6.07, 6.45) is 1.89. The van der Waals surface area contributed by atoms with Crippen LogP contribution in [0.4, 0.5) is 0 Å². The van der Waals surface area contributed by atoms with E-state index in [2.05, 4.69) is 15.5 Å².